The molecule has 0 aromatic rings. The molecular weight excluding hydrogens is 214 g/mol. The van der Waals surface area contributed by atoms with Gasteiger partial charge in [0.1, 0.15) is 0 Å². The summed E-state index contributed by atoms with van der Waals surface area (Å²) in [5, 5.41) is 6.31. The summed E-state index contributed by atoms with van der Waals surface area (Å²) in [5.41, 5.74) is 0. The summed E-state index contributed by atoms with van der Waals surface area (Å²) in [4.78, 5) is 14.1. The van der Waals surface area contributed by atoms with Crippen LogP contribution in [0.15, 0.2) is 0 Å². The van der Waals surface area contributed by atoms with Gasteiger partial charge in [-0.2, -0.15) is 0 Å². The predicted molar refractivity (Wildman–Crippen MR) is 68.9 cm³/mol. The number of unbranched alkanes of at least 4 members (excludes halogenated alkanes) is 1. The Labute approximate surface area is 104 Å². The monoisotopic (exact) mass is 239 g/mol. The molecule has 2 fully saturated rings. The number of hydrogen-bond acceptors (Lipinski definition) is 3. The van der Waals surface area contributed by atoms with Crippen LogP contribution in [0.1, 0.15) is 39.0 Å². The van der Waals surface area contributed by atoms with Gasteiger partial charge in [-0.3, -0.25) is 9.69 Å². The highest BCUT2D eigenvalue weighted by molar-refractivity contribution is 5.77. The Morgan fingerprint density at radius 1 is 1.35 bits per heavy atom. The predicted octanol–water partition coefficient (Wildman–Crippen LogP) is 0.729. The summed E-state index contributed by atoms with van der Waals surface area (Å²) in [6, 6.07) is 1.38. The van der Waals surface area contributed by atoms with Crippen molar-refractivity contribution in [2.45, 2.75) is 51.1 Å². The number of likely N-dealkylation sites (tertiary alicyclic amines) is 1. The van der Waals surface area contributed by atoms with Gasteiger partial charge in [0.2, 0.25) is 5.91 Å². The first kappa shape index (κ1) is 12.8. The van der Waals surface area contributed by atoms with E-state index in [-0.39, 0.29) is 5.91 Å². The quantitative estimate of drug-likeness (QED) is 0.644. The molecule has 1 saturated carbocycles. The van der Waals surface area contributed by atoms with Crippen LogP contribution in [0.4, 0.5) is 0 Å². The fourth-order valence-electron chi connectivity index (χ4n) is 2.43. The summed E-state index contributed by atoms with van der Waals surface area (Å²) in [6.45, 7) is 5.77. The molecule has 98 valence electrons. The minimum absolute atomic E-state index is 0.142. The first-order chi connectivity index (χ1) is 8.29. The highest BCUT2D eigenvalue weighted by Gasteiger charge is 2.34. The third kappa shape index (κ3) is 4.28. The molecule has 4 nitrogen and oxygen atoms in total. The average molecular weight is 239 g/mol. The van der Waals surface area contributed by atoms with Gasteiger partial charge in [0.25, 0.3) is 0 Å². The molecule has 1 amide bonds. The minimum atomic E-state index is 0.142. The number of carbonyl (C=O) groups is 1. The Morgan fingerprint density at radius 2 is 2.18 bits per heavy atom. The van der Waals surface area contributed by atoms with Gasteiger partial charge in [0.05, 0.1) is 6.54 Å². The molecule has 0 bridgehead atoms. The highest BCUT2D eigenvalue weighted by atomic mass is 16.1. The summed E-state index contributed by atoms with van der Waals surface area (Å²) in [6.07, 6.45) is 6.16. The van der Waals surface area contributed by atoms with E-state index in [4.69, 9.17) is 0 Å². The third-order valence-corrected chi connectivity index (χ3v) is 3.69. The molecule has 0 radical (unpaired) electrons. The van der Waals surface area contributed by atoms with E-state index in [1.165, 1.54) is 25.8 Å². The molecule has 0 spiro atoms. The molecule has 1 aliphatic carbocycles. The van der Waals surface area contributed by atoms with Crippen molar-refractivity contribution in [3.05, 3.63) is 0 Å². The minimum Gasteiger partial charge on any atom is -0.355 e. The van der Waals surface area contributed by atoms with Crippen molar-refractivity contribution < 1.29 is 4.79 Å². The summed E-state index contributed by atoms with van der Waals surface area (Å²) in [7, 11) is 0. The lowest BCUT2D eigenvalue weighted by Gasteiger charge is -2.15. The molecule has 2 aliphatic rings. The topological polar surface area (TPSA) is 44.4 Å². The van der Waals surface area contributed by atoms with Gasteiger partial charge in [-0.15, -0.1) is 0 Å². The first-order valence-electron chi connectivity index (χ1n) is 7.03. The Kier molecular flexibility index (Phi) is 4.80. The van der Waals surface area contributed by atoms with Crippen LogP contribution in [0.3, 0.4) is 0 Å². The first-order valence-corrected chi connectivity index (χ1v) is 7.03. The van der Waals surface area contributed by atoms with E-state index in [1.54, 1.807) is 0 Å². The second kappa shape index (κ2) is 6.36. The maximum absolute atomic E-state index is 11.5. The van der Waals surface area contributed by atoms with Gasteiger partial charge in [-0.25, -0.2) is 0 Å². The lowest BCUT2D eigenvalue weighted by atomic mass is 10.2. The largest absolute Gasteiger partial charge is 0.355 e. The van der Waals surface area contributed by atoms with Crippen molar-refractivity contribution in [2.24, 2.45) is 0 Å². The molecule has 17 heavy (non-hydrogen) atoms. The zero-order valence-electron chi connectivity index (χ0n) is 10.9. The number of hydrogen-bond donors (Lipinski definition) is 2. The van der Waals surface area contributed by atoms with Crippen LogP contribution in [0.2, 0.25) is 0 Å². The maximum atomic E-state index is 11.5. The lowest BCUT2D eigenvalue weighted by molar-refractivity contribution is -0.120. The van der Waals surface area contributed by atoms with Crippen molar-refractivity contribution in [3.8, 4) is 0 Å². The number of nitrogens with zero attached hydrogens (tertiary/aromatic N) is 1. The molecule has 0 aromatic heterocycles. The Hall–Kier alpha value is -0.610. The van der Waals surface area contributed by atoms with Crippen LogP contribution in [0.25, 0.3) is 0 Å². The maximum Gasteiger partial charge on any atom is 0.233 e. The molecule has 2 rings (SSSR count). The van der Waals surface area contributed by atoms with Gasteiger partial charge in [-0.05, 0) is 25.7 Å². The number of amides is 1. The van der Waals surface area contributed by atoms with Crippen molar-refractivity contribution >= 4 is 5.91 Å². The van der Waals surface area contributed by atoms with Crippen LogP contribution in [0, 0.1) is 0 Å². The standard InChI is InChI=1S/C13H25N3O/c1-2-3-7-14-13(17)9-15-11-6-8-16(10-11)12-4-5-12/h11-12,15H,2-10H2,1H3,(H,14,17). The van der Waals surface area contributed by atoms with Gasteiger partial charge in [0, 0.05) is 31.7 Å². The zero-order chi connectivity index (χ0) is 12.1. The van der Waals surface area contributed by atoms with E-state index in [0.717, 1.165) is 32.0 Å². The Balaban J connectivity index is 1.54. The average Bonchev–Trinajstić information content (AvgIpc) is 3.07. The zero-order valence-corrected chi connectivity index (χ0v) is 10.9. The van der Waals surface area contributed by atoms with Crippen LogP contribution in [0.5, 0.6) is 0 Å². The summed E-state index contributed by atoms with van der Waals surface area (Å²) < 4.78 is 0. The summed E-state index contributed by atoms with van der Waals surface area (Å²) in [5.74, 6) is 0.142. The van der Waals surface area contributed by atoms with E-state index >= 15 is 0 Å². The molecule has 4 heteroatoms. The number of nitrogens with one attached hydrogen (secondary N) is 2. The van der Waals surface area contributed by atoms with Gasteiger partial charge in [0.15, 0.2) is 0 Å². The van der Waals surface area contributed by atoms with Crippen molar-refractivity contribution in [3.63, 3.8) is 0 Å². The van der Waals surface area contributed by atoms with Crippen molar-refractivity contribution in [2.75, 3.05) is 26.2 Å². The molecular formula is C13H25N3O. The normalized spacial score (nSPS) is 25.1. The van der Waals surface area contributed by atoms with E-state index in [2.05, 4.69) is 22.5 Å². The number of carbonyl (C=O) groups excluding carboxylic acids is 1. The molecule has 1 unspecified atom stereocenters. The van der Waals surface area contributed by atoms with Crippen LogP contribution < -0.4 is 10.6 Å². The van der Waals surface area contributed by atoms with Crippen LogP contribution >= 0.6 is 0 Å². The van der Waals surface area contributed by atoms with Crippen LogP contribution in [-0.2, 0) is 4.79 Å². The molecule has 2 N–H and O–H groups in total. The van der Waals surface area contributed by atoms with Gasteiger partial charge < -0.3 is 10.6 Å². The highest BCUT2D eigenvalue weighted by Crippen LogP contribution is 2.29. The van der Waals surface area contributed by atoms with Gasteiger partial charge in [-0.1, -0.05) is 13.3 Å². The molecule has 1 atom stereocenters. The second-order valence-electron chi connectivity index (χ2n) is 5.30. The van der Waals surface area contributed by atoms with Crippen LogP contribution in [-0.4, -0.2) is 49.1 Å². The van der Waals surface area contributed by atoms with Crippen molar-refractivity contribution in [1.82, 2.24) is 15.5 Å². The fraction of sp³-hybridized carbons (Fsp3) is 0.923. The Bertz CT molecular complexity index is 253. The smallest absolute Gasteiger partial charge is 0.233 e. The summed E-state index contributed by atoms with van der Waals surface area (Å²) >= 11 is 0. The van der Waals surface area contributed by atoms with Crippen molar-refractivity contribution in [1.29, 1.82) is 0 Å². The van der Waals surface area contributed by atoms with E-state index < -0.39 is 0 Å². The Morgan fingerprint density at radius 3 is 2.88 bits per heavy atom. The SMILES string of the molecule is CCCCNC(=O)CNC1CCN(C2CC2)C1. The lowest BCUT2D eigenvalue weighted by Crippen LogP contribution is -2.40. The molecule has 1 saturated heterocycles. The molecule has 1 heterocycles. The van der Waals surface area contributed by atoms with E-state index in [1.807, 2.05) is 0 Å². The molecule has 1 aliphatic heterocycles. The van der Waals surface area contributed by atoms with Gasteiger partial charge >= 0.3 is 0 Å². The molecule has 0 aromatic carbocycles. The third-order valence-electron chi connectivity index (χ3n) is 3.69. The number of rotatable bonds is 7. The van der Waals surface area contributed by atoms with E-state index in [0.29, 0.717) is 12.6 Å². The van der Waals surface area contributed by atoms with E-state index in [9.17, 15) is 4.79 Å². The fourth-order valence-corrected chi connectivity index (χ4v) is 2.43. The second-order valence-corrected chi connectivity index (χ2v) is 5.30.